The van der Waals surface area contributed by atoms with Crippen molar-refractivity contribution in [2.75, 3.05) is 11.9 Å². The molecule has 5 nitrogen and oxygen atoms in total. The normalized spacial score (nSPS) is 10.6. The lowest BCUT2D eigenvalue weighted by Crippen LogP contribution is -2.27. The number of nitrogens with zero attached hydrogens (tertiary/aromatic N) is 2. The van der Waals surface area contributed by atoms with Crippen LogP contribution in [0.3, 0.4) is 0 Å². The van der Waals surface area contributed by atoms with E-state index in [1.165, 1.54) is 0 Å². The SMILES string of the molecule is CC(C)CNC(=O)c1ccc(Nc2cc(-c3ccccc3)ncn2)cc1. The minimum Gasteiger partial charge on any atom is -0.352 e. The van der Waals surface area contributed by atoms with Crippen LogP contribution in [0.25, 0.3) is 11.3 Å². The highest BCUT2D eigenvalue weighted by Gasteiger charge is 2.06. The van der Waals surface area contributed by atoms with Gasteiger partial charge < -0.3 is 10.6 Å². The standard InChI is InChI=1S/C21H22N4O/c1-15(2)13-22-21(26)17-8-10-18(11-9-17)25-20-12-19(23-14-24-20)16-6-4-3-5-7-16/h3-12,14-15H,13H2,1-2H3,(H,22,26)(H,23,24,25). The predicted octanol–water partition coefficient (Wildman–Crippen LogP) is 4.27. The molecular formula is C21H22N4O. The van der Waals surface area contributed by atoms with Crippen LogP contribution in [0.4, 0.5) is 11.5 Å². The number of rotatable bonds is 6. The maximum absolute atomic E-state index is 12.1. The van der Waals surface area contributed by atoms with Crippen LogP contribution in [-0.2, 0) is 0 Å². The molecule has 0 saturated carbocycles. The zero-order chi connectivity index (χ0) is 18.4. The summed E-state index contributed by atoms with van der Waals surface area (Å²) in [5.41, 5.74) is 3.40. The van der Waals surface area contributed by atoms with Gasteiger partial charge >= 0.3 is 0 Å². The van der Waals surface area contributed by atoms with Crippen molar-refractivity contribution in [3.63, 3.8) is 0 Å². The molecule has 0 radical (unpaired) electrons. The summed E-state index contributed by atoms with van der Waals surface area (Å²) in [4.78, 5) is 20.7. The largest absolute Gasteiger partial charge is 0.352 e. The van der Waals surface area contributed by atoms with Gasteiger partial charge in [-0.1, -0.05) is 44.2 Å². The Kier molecular flexibility index (Phi) is 5.59. The number of carbonyl (C=O) groups excluding carboxylic acids is 1. The Morgan fingerprint density at radius 1 is 1.00 bits per heavy atom. The van der Waals surface area contributed by atoms with Gasteiger partial charge in [0.05, 0.1) is 5.69 Å². The zero-order valence-electron chi connectivity index (χ0n) is 14.9. The van der Waals surface area contributed by atoms with Gasteiger partial charge in [0.1, 0.15) is 12.1 Å². The van der Waals surface area contributed by atoms with Crippen molar-refractivity contribution in [1.29, 1.82) is 0 Å². The lowest BCUT2D eigenvalue weighted by molar-refractivity contribution is 0.0949. The third-order valence-corrected chi connectivity index (χ3v) is 3.83. The molecule has 0 aliphatic carbocycles. The van der Waals surface area contributed by atoms with Crippen molar-refractivity contribution < 1.29 is 4.79 Å². The van der Waals surface area contributed by atoms with Gasteiger partial charge in [0, 0.05) is 29.4 Å². The summed E-state index contributed by atoms with van der Waals surface area (Å²) in [6.45, 7) is 4.81. The van der Waals surface area contributed by atoms with E-state index < -0.39 is 0 Å². The number of hydrogen-bond donors (Lipinski definition) is 2. The van der Waals surface area contributed by atoms with Crippen molar-refractivity contribution in [3.05, 3.63) is 72.6 Å². The Labute approximate surface area is 153 Å². The number of anilines is 2. The summed E-state index contributed by atoms with van der Waals surface area (Å²) < 4.78 is 0. The van der Waals surface area contributed by atoms with E-state index in [2.05, 4.69) is 34.4 Å². The van der Waals surface area contributed by atoms with Crippen LogP contribution in [0.15, 0.2) is 67.0 Å². The second kappa shape index (κ2) is 8.25. The summed E-state index contributed by atoms with van der Waals surface area (Å²) in [5.74, 6) is 1.07. The van der Waals surface area contributed by atoms with Crippen LogP contribution in [0.1, 0.15) is 24.2 Å². The average Bonchev–Trinajstić information content (AvgIpc) is 2.67. The van der Waals surface area contributed by atoms with Gasteiger partial charge in [-0.15, -0.1) is 0 Å². The highest BCUT2D eigenvalue weighted by molar-refractivity contribution is 5.94. The maximum atomic E-state index is 12.1. The van der Waals surface area contributed by atoms with Crippen molar-refractivity contribution in [2.45, 2.75) is 13.8 Å². The first-order valence-corrected chi connectivity index (χ1v) is 8.64. The fourth-order valence-corrected chi connectivity index (χ4v) is 2.44. The maximum Gasteiger partial charge on any atom is 0.251 e. The minimum atomic E-state index is -0.0568. The molecule has 0 aliphatic heterocycles. The number of nitrogens with one attached hydrogen (secondary N) is 2. The Balaban J connectivity index is 1.69. The van der Waals surface area contributed by atoms with Crippen molar-refractivity contribution >= 4 is 17.4 Å². The number of aromatic nitrogens is 2. The van der Waals surface area contributed by atoms with Gasteiger partial charge in [0.2, 0.25) is 0 Å². The summed E-state index contributed by atoms with van der Waals surface area (Å²) in [5, 5.41) is 6.16. The summed E-state index contributed by atoms with van der Waals surface area (Å²) >= 11 is 0. The first-order chi connectivity index (χ1) is 12.6. The molecule has 1 amide bonds. The highest BCUT2D eigenvalue weighted by atomic mass is 16.1. The lowest BCUT2D eigenvalue weighted by Gasteiger charge is -2.09. The molecule has 0 spiro atoms. The van der Waals surface area contributed by atoms with Crippen LogP contribution >= 0.6 is 0 Å². The van der Waals surface area contributed by atoms with E-state index in [0.717, 1.165) is 16.9 Å². The highest BCUT2D eigenvalue weighted by Crippen LogP contribution is 2.21. The third-order valence-electron chi connectivity index (χ3n) is 3.83. The molecule has 2 N–H and O–H groups in total. The van der Waals surface area contributed by atoms with Gasteiger partial charge in [0.15, 0.2) is 0 Å². The molecule has 3 aromatic rings. The van der Waals surface area contributed by atoms with Gasteiger partial charge in [-0.05, 0) is 30.2 Å². The second-order valence-corrected chi connectivity index (χ2v) is 6.46. The molecular weight excluding hydrogens is 324 g/mol. The van der Waals surface area contributed by atoms with Crippen LogP contribution in [-0.4, -0.2) is 22.4 Å². The number of carbonyl (C=O) groups is 1. The Bertz CT molecular complexity index is 861. The van der Waals surface area contributed by atoms with Crippen molar-refractivity contribution in [1.82, 2.24) is 15.3 Å². The number of hydrogen-bond acceptors (Lipinski definition) is 4. The smallest absolute Gasteiger partial charge is 0.251 e. The molecule has 0 aliphatic rings. The molecule has 0 fully saturated rings. The molecule has 5 heteroatoms. The first-order valence-electron chi connectivity index (χ1n) is 8.64. The van der Waals surface area contributed by atoms with E-state index in [1.807, 2.05) is 48.5 Å². The van der Waals surface area contributed by atoms with Crippen molar-refractivity contribution in [3.8, 4) is 11.3 Å². The topological polar surface area (TPSA) is 66.9 Å². The van der Waals surface area contributed by atoms with Gasteiger partial charge in [-0.2, -0.15) is 0 Å². The van der Waals surface area contributed by atoms with Crippen molar-refractivity contribution in [2.24, 2.45) is 5.92 Å². The van der Waals surface area contributed by atoms with E-state index >= 15 is 0 Å². The molecule has 0 unspecified atom stereocenters. The fourth-order valence-electron chi connectivity index (χ4n) is 2.44. The van der Waals surface area contributed by atoms with E-state index in [1.54, 1.807) is 18.5 Å². The molecule has 2 aromatic carbocycles. The van der Waals surface area contributed by atoms with Crippen LogP contribution in [0, 0.1) is 5.92 Å². The second-order valence-electron chi connectivity index (χ2n) is 6.46. The molecule has 0 saturated heterocycles. The van der Waals surface area contributed by atoms with Gasteiger partial charge in [-0.3, -0.25) is 4.79 Å². The predicted molar refractivity (Wildman–Crippen MR) is 104 cm³/mol. The molecule has 132 valence electrons. The third kappa shape index (κ3) is 4.66. The molecule has 0 atom stereocenters. The van der Waals surface area contributed by atoms with Crippen LogP contribution in [0.2, 0.25) is 0 Å². The monoisotopic (exact) mass is 346 g/mol. The Hall–Kier alpha value is -3.21. The Morgan fingerprint density at radius 3 is 2.42 bits per heavy atom. The van der Waals surface area contributed by atoms with E-state index in [-0.39, 0.29) is 5.91 Å². The fraction of sp³-hybridized carbons (Fsp3) is 0.190. The lowest BCUT2D eigenvalue weighted by atomic mass is 10.1. The van der Waals surface area contributed by atoms with E-state index in [0.29, 0.717) is 23.8 Å². The summed E-state index contributed by atoms with van der Waals surface area (Å²) in [7, 11) is 0. The van der Waals surface area contributed by atoms with Crippen LogP contribution < -0.4 is 10.6 Å². The first kappa shape index (κ1) is 17.6. The number of benzene rings is 2. The van der Waals surface area contributed by atoms with Crippen LogP contribution in [0.5, 0.6) is 0 Å². The summed E-state index contributed by atoms with van der Waals surface area (Å²) in [6, 6.07) is 19.2. The quantitative estimate of drug-likeness (QED) is 0.699. The minimum absolute atomic E-state index is 0.0568. The molecule has 1 aromatic heterocycles. The molecule has 1 heterocycles. The number of amides is 1. The average molecular weight is 346 g/mol. The Morgan fingerprint density at radius 2 is 1.73 bits per heavy atom. The molecule has 0 bridgehead atoms. The zero-order valence-corrected chi connectivity index (χ0v) is 14.9. The van der Waals surface area contributed by atoms with Gasteiger partial charge in [-0.25, -0.2) is 9.97 Å². The molecule has 3 rings (SSSR count). The van der Waals surface area contributed by atoms with E-state index in [4.69, 9.17) is 0 Å². The van der Waals surface area contributed by atoms with E-state index in [9.17, 15) is 4.79 Å². The molecule has 26 heavy (non-hydrogen) atoms. The van der Waals surface area contributed by atoms with Gasteiger partial charge in [0.25, 0.3) is 5.91 Å². The summed E-state index contributed by atoms with van der Waals surface area (Å²) in [6.07, 6.45) is 1.54.